The highest BCUT2D eigenvalue weighted by molar-refractivity contribution is 5.79. The molecular weight excluding hydrogens is 338 g/mol. The van der Waals surface area contributed by atoms with Crippen molar-refractivity contribution in [2.45, 2.75) is 25.9 Å². The SMILES string of the molecule is CN=C(NCCCCOCc1ccccc1)NCCc1ccccc1OC. The topological polar surface area (TPSA) is 54.9 Å². The Bertz CT molecular complexity index is 674. The van der Waals surface area contributed by atoms with Crippen LogP contribution in [0.4, 0.5) is 0 Å². The van der Waals surface area contributed by atoms with E-state index in [9.17, 15) is 0 Å². The lowest BCUT2D eigenvalue weighted by atomic mass is 10.1. The molecule has 0 aromatic heterocycles. The number of hydrogen-bond donors (Lipinski definition) is 2. The molecule has 0 radical (unpaired) electrons. The lowest BCUT2D eigenvalue weighted by Gasteiger charge is -2.13. The van der Waals surface area contributed by atoms with E-state index in [1.807, 2.05) is 36.4 Å². The van der Waals surface area contributed by atoms with Crippen molar-refractivity contribution >= 4 is 5.96 Å². The Morgan fingerprint density at radius 3 is 2.44 bits per heavy atom. The Morgan fingerprint density at radius 2 is 1.67 bits per heavy atom. The number of guanidine groups is 1. The Labute approximate surface area is 162 Å². The van der Waals surface area contributed by atoms with Crippen molar-refractivity contribution in [2.75, 3.05) is 33.9 Å². The number of hydrogen-bond acceptors (Lipinski definition) is 3. The van der Waals surface area contributed by atoms with Crippen molar-refractivity contribution in [1.82, 2.24) is 10.6 Å². The van der Waals surface area contributed by atoms with Gasteiger partial charge >= 0.3 is 0 Å². The van der Waals surface area contributed by atoms with Gasteiger partial charge in [0.2, 0.25) is 0 Å². The minimum Gasteiger partial charge on any atom is -0.496 e. The summed E-state index contributed by atoms with van der Waals surface area (Å²) in [5, 5.41) is 6.69. The van der Waals surface area contributed by atoms with Gasteiger partial charge in [-0.1, -0.05) is 48.5 Å². The van der Waals surface area contributed by atoms with E-state index < -0.39 is 0 Å². The van der Waals surface area contributed by atoms with Crippen LogP contribution in [0, 0.1) is 0 Å². The molecule has 0 amide bonds. The summed E-state index contributed by atoms with van der Waals surface area (Å²) in [6.45, 7) is 3.14. The summed E-state index contributed by atoms with van der Waals surface area (Å²) in [7, 11) is 3.50. The maximum atomic E-state index is 5.70. The van der Waals surface area contributed by atoms with Crippen LogP contribution < -0.4 is 15.4 Å². The second-order valence-corrected chi connectivity index (χ2v) is 6.23. The van der Waals surface area contributed by atoms with E-state index >= 15 is 0 Å². The highest BCUT2D eigenvalue weighted by Gasteiger charge is 2.02. The first-order valence-electron chi connectivity index (χ1n) is 9.51. The third-order valence-corrected chi connectivity index (χ3v) is 4.22. The van der Waals surface area contributed by atoms with Crippen molar-refractivity contribution in [2.24, 2.45) is 4.99 Å². The number of nitrogens with zero attached hydrogens (tertiary/aromatic N) is 1. The van der Waals surface area contributed by atoms with Crippen LogP contribution in [-0.4, -0.2) is 39.8 Å². The van der Waals surface area contributed by atoms with E-state index in [2.05, 4.69) is 33.8 Å². The molecule has 0 heterocycles. The first-order chi connectivity index (χ1) is 13.3. The molecule has 5 heteroatoms. The zero-order valence-corrected chi connectivity index (χ0v) is 16.4. The fourth-order valence-electron chi connectivity index (χ4n) is 2.75. The van der Waals surface area contributed by atoms with Crippen LogP contribution in [0.1, 0.15) is 24.0 Å². The molecule has 0 aliphatic heterocycles. The predicted molar refractivity (Wildman–Crippen MR) is 111 cm³/mol. The molecule has 2 N–H and O–H groups in total. The minimum atomic E-state index is 0.681. The molecule has 27 heavy (non-hydrogen) atoms. The van der Waals surface area contributed by atoms with E-state index in [1.165, 1.54) is 11.1 Å². The predicted octanol–water partition coefficient (Wildman–Crippen LogP) is 3.40. The van der Waals surface area contributed by atoms with Crippen LogP contribution >= 0.6 is 0 Å². The van der Waals surface area contributed by atoms with Crippen molar-refractivity contribution in [3.63, 3.8) is 0 Å². The van der Waals surface area contributed by atoms with Crippen molar-refractivity contribution in [3.05, 3.63) is 65.7 Å². The monoisotopic (exact) mass is 369 g/mol. The summed E-state index contributed by atoms with van der Waals surface area (Å²) < 4.78 is 11.1. The molecule has 0 aliphatic rings. The maximum Gasteiger partial charge on any atom is 0.190 e. The molecule has 0 saturated heterocycles. The Hall–Kier alpha value is -2.53. The molecule has 146 valence electrons. The molecule has 0 spiro atoms. The zero-order valence-electron chi connectivity index (χ0n) is 16.4. The van der Waals surface area contributed by atoms with Gasteiger partial charge in [0, 0.05) is 26.7 Å². The van der Waals surface area contributed by atoms with Gasteiger partial charge in [-0.25, -0.2) is 0 Å². The molecule has 0 unspecified atom stereocenters. The fourth-order valence-corrected chi connectivity index (χ4v) is 2.75. The second kappa shape index (κ2) is 12.8. The molecule has 0 bridgehead atoms. The van der Waals surface area contributed by atoms with Crippen LogP contribution in [0.5, 0.6) is 5.75 Å². The average molecular weight is 370 g/mol. The first kappa shape index (κ1) is 20.8. The minimum absolute atomic E-state index is 0.681. The lowest BCUT2D eigenvalue weighted by molar-refractivity contribution is 0.117. The third kappa shape index (κ3) is 8.13. The van der Waals surface area contributed by atoms with Gasteiger partial charge in [0.1, 0.15) is 5.75 Å². The third-order valence-electron chi connectivity index (χ3n) is 4.22. The molecule has 2 rings (SSSR count). The molecule has 2 aromatic carbocycles. The number of unbranched alkanes of at least 4 members (excludes halogenated alkanes) is 1. The van der Waals surface area contributed by atoms with Gasteiger partial charge in [0.15, 0.2) is 5.96 Å². The number of rotatable bonds is 11. The van der Waals surface area contributed by atoms with Gasteiger partial charge in [0.25, 0.3) is 0 Å². The average Bonchev–Trinajstić information content (AvgIpc) is 2.72. The molecule has 0 atom stereocenters. The van der Waals surface area contributed by atoms with Gasteiger partial charge in [-0.15, -0.1) is 0 Å². The highest BCUT2D eigenvalue weighted by atomic mass is 16.5. The van der Waals surface area contributed by atoms with Crippen LogP contribution in [0.3, 0.4) is 0 Å². The van der Waals surface area contributed by atoms with E-state index in [1.54, 1.807) is 14.2 Å². The van der Waals surface area contributed by atoms with Crippen molar-refractivity contribution < 1.29 is 9.47 Å². The van der Waals surface area contributed by atoms with E-state index in [-0.39, 0.29) is 0 Å². The van der Waals surface area contributed by atoms with Gasteiger partial charge in [-0.2, -0.15) is 0 Å². The summed E-state index contributed by atoms with van der Waals surface area (Å²) in [5.74, 6) is 1.76. The normalized spacial score (nSPS) is 11.3. The first-order valence-corrected chi connectivity index (χ1v) is 9.51. The maximum absolute atomic E-state index is 5.70. The van der Waals surface area contributed by atoms with Crippen molar-refractivity contribution in [1.29, 1.82) is 0 Å². The summed E-state index contributed by atoms with van der Waals surface area (Å²) in [4.78, 5) is 4.27. The van der Waals surface area contributed by atoms with Gasteiger partial charge in [-0.3, -0.25) is 4.99 Å². The number of para-hydroxylation sites is 1. The Kier molecular flexibility index (Phi) is 9.82. The highest BCUT2D eigenvalue weighted by Crippen LogP contribution is 2.17. The fraction of sp³-hybridized carbons (Fsp3) is 0.409. The largest absolute Gasteiger partial charge is 0.496 e. The van der Waals surface area contributed by atoms with E-state index in [0.717, 1.165) is 50.7 Å². The van der Waals surface area contributed by atoms with Crippen LogP contribution in [0.15, 0.2) is 59.6 Å². The van der Waals surface area contributed by atoms with Gasteiger partial charge in [-0.05, 0) is 36.5 Å². The standard InChI is InChI=1S/C22H31N3O2/c1-23-22(25-16-14-20-12-6-7-13-21(20)26-2)24-15-8-9-17-27-18-19-10-4-3-5-11-19/h3-7,10-13H,8-9,14-18H2,1-2H3,(H2,23,24,25). The van der Waals surface area contributed by atoms with Crippen LogP contribution in [0.2, 0.25) is 0 Å². The molecule has 5 nitrogen and oxygen atoms in total. The molecule has 2 aromatic rings. The van der Waals surface area contributed by atoms with E-state index in [4.69, 9.17) is 9.47 Å². The number of aliphatic imine (C=N–C) groups is 1. The number of nitrogens with one attached hydrogen (secondary N) is 2. The number of benzene rings is 2. The number of methoxy groups -OCH3 is 1. The lowest BCUT2D eigenvalue weighted by Crippen LogP contribution is -2.38. The smallest absolute Gasteiger partial charge is 0.190 e. The number of ether oxygens (including phenoxy) is 2. The molecule has 0 saturated carbocycles. The van der Waals surface area contributed by atoms with Crippen molar-refractivity contribution in [3.8, 4) is 5.75 Å². The van der Waals surface area contributed by atoms with Crippen LogP contribution in [0.25, 0.3) is 0 Å². The summed E-state index contributed by atoms with van der Waals surface area (Å²) >= 11 is 0. The summed E-state index contributed by atoms with van der Waals surface area (Å²) in [6.07, 6.45) is 2.96. The Balaban J connectivity index is 1.54. The summed E-state index contributed by atoms with van der Waals surface area (Å²) in [6, 6.07) is 18.4. The molecule has 0 fully saturated rings. The second-order valence-electron chi connectivity index (χ2n) is 6.23. The van der Waals surface area contributed by atoms with Crippen LogP contribution in [-0.2, 0) is 17.8 Å². The summed E-state index contributed by atoms with van der Waals surface area (Å²) in [5.41, 5.74) is 2.41. The molecule has 0 aliphatic carbocycles. The Morgan fingerprint density at radius 1 is 0.926 bits per heavy atom. The molecular formula is C22H31N3O2. The van der Waals surface area contributed by atoms with Gasteiger partial charge in [0.05, 0.1) is 13.7 Å². The quantitative estimate of drug-likeness (QED) is 0.362. The van der Waals surface area contributed by atoms with Gasteiger partial charge < -0.3 is 20.1 Å². The van der Waals surface area contributed by atoms with E-state index in [0.29, 0.717) is 6.61 Å². The zero-order chi connectivity index (χ0) is 19.2.